The molecule has 1 fully saturated rings. The van der Waals surface area contributed by atoms with Gasteiger partial charge < -0.3 is 31.4 Å². The van der Waals surface area contributed by atoms with Gasteiger partial charge in [0.25, 0.3) is 0 Å². The molecule has 0 radical (unpaired) electrons. The van der Waals surface area contributed by atoms with Crippen LogP contribution in [-0.2, 0) is 4.74 Å². The molecule has 0 aliphatic carbocycles. The number of amides is 1. The Kier molecular flexibility index (Phi) is 3.33. The highest BCUT2D eigenvalue weighted by Crippen LogP contribution is 2.43. The van der Waals surface area contributed by atoms with Gasteiger partial charge in [0.15, 0.2) is 17.5 Å². The zero-order chi connectivity index (χ0) is 15.7. The Balaban J connectivity index is 2.07. The number of aliphatic imine (C=N–C) groups is 2. The van der Waals surface area contributed by atoms with Crippen LogP contribution in [0.4, 0.5) is 16.2 Å². The fraction of sp³-hybridized carbons (Fsp3) is 0.250. The van der Waals surface area contributed by atoms with E-state index in [4.69, 9.17) is 31.4 Å². The molecule has 10 heteroatoms. The Labute approximate surface area is 125 Å². The first-order chi connectivity index (χ1) is 10.5. The van der Waals surface area contributed by atoms with Crippen molar-refractivity contribution in [2.24, 2.45) is 27.2 Å². The lowest BCUT2D eigenvalue weighted by Gasteiger charge is -2.16. The van der Waals surface area contributed by atoms with Crippen LogP contribution in [0.1, 0.15) is 0 Å². The third-order valence-electron chi connectivity index (χ3n) is 3.00. The number of cyclic esters (lactones) is 1. The van der Waals surface area contributed by atoms with Crippen LogP contribution in [0.3, 0.4) is 0 Å². The van der Waals surface area contributed by atoms with E-state index in [0.29, 0.717) is 36.0 Å². The van der Waals surface area contributed by atoms with Gasteiger partial charge in [-0.3, -0.25) is 4.90 Å². The van der Waals surface area contributed by atoms with E-state index in [2.05, 4.69) is 9.98 Å². The number of guanidine groups is 2. The summed E-state index contributed by atoms with van der Waals surface area (Å²) in [5.74, 6) is 0.637. The largest absolute Gasteiger partial charge is 0.454 e. The molecule has 1 aromatic rings. The van der Waals surface area contributed by atoms with Crippen molar-refractivity contribution in [3.8, 4) is 11.5 Å². The number of carbonyl (C=O) groups excluding carboxylic acids is 1. The van der Waals surface area contributed by atoms with E-state index in [0.717, 1.165) is 0 Å². The number of carbonyl (C=O) groups is 1. The number of fused-ring (bicyclic) bond motifs is 1. The van der Waals surface area contributed by atoms with E-state index in [1.165, 1.54) is 4.90 Å². The Hall–Kier alpha value is -3.17. The molecule has 116 valence electrons. The SMILES string of the molecule is NC(N)=NC(N)=Nc1cc2c(cc1N1CCOC1=O)OCO2. The van der Waals surface area contributed by atoms with Gasteiger partial charge in [-0.25, -0.2) is 9.79 Å². The average Bonchev–Trinajstić information content (AvgIpc) is 3.04. The Morgan fingerprint density at radius 3 is 2.50 bits per heavy atom. The van der Waals surface area contributed by atoms with Crippen molar-refractivity contribution in [1.29, 1.82) is 0 Å². The van der Waals surface area contributed by atoms with Crippen LogP contribution in [0.2, 0.25) is 0 Å². The second kappa shape index (κ2) is 5.31. The molecule has 6 N–H and O–H groups in total. The number of ether oxygens (including phenoxy) is 3. The van der Waals surface area contributed by atoms with Gasteiger partial charge >= 0.3 is 6.09 Å². The predicted octanol–water partition coefficient (Wildman–Crippen LogP) is -0.409. The molecule has 2 aliphatic heterocycles. The molecule has 2 aliphatic rings. The first-order valence-corrected chi connectivity index (χ1v) is 6.36. The molecule has 1 aromatic carbocycles. The van der Waals surface area contributed by atoms with Crippen molar-refractivity contribution in [3.05, 3.63) is 12.1 Å². The van der Waals surface area contributed by atoms with Crippen LogP contribution in [0.25, 0.3) is 0 Å². The molecular weight excluding hydrogens is 292 g/mol. The Bertz CT molecular complexity index is 682. The summed E-state index contributed by atoms with van der Waals surface area (Å²) in [6.07, 6.45) is -0.476. The van der Waals surface area contributed by atoms with Crippen molar-refractivity contribution < 1.29 is 19.0 Å². The molecule has 22 heavy (non-hydrogen) atoms. The average molecular weight is 306 g/mol. The zero-order valence-electron chi connectivity index (χ0n) is 11.5. The summed E-state index contributed by atoms with van der Waals surface area (Å²) in [5.41, 5.74) is 17.0. The molecule has 1 saturated heterocycles. The highest BCUT2D eigenvalue weighted by atomic mass is 16.7. The Morgan fingerprint density at radius 2 is 1.86 bits per heavy atom. The molecule has 0 bridgehead atoms. The molecule has 0 spiro atoms. The minimum atomic E-state index is -0.476. The fourth-order valence-electron chi connectivity index (χ4n) is 2.12. The smallest absolute Gasteiger partial charge is 0.414 e. The number of hydrogen-bond acceptors (Lipinski definition) is 5. The quantitative estimate of drug-likeness (QED) is 0.496. The second-order valence-electron chi connectivity index (χ2n) is 4.47. The molecule has 0 atom stereocenters. The van der Waals surface area contributed by atoms with Gasteiger partial charge in [0.05, 0.1) is 17.9 Å². The summed E-state index contributed by atoms with van der Waals surface area (Å²) in [6.45, 7) is 0.777. The molecule has 0 unspecified atom stereocenters. The van der Waals surface area contributed by atoms with E-state index in [1.807, 2.05) is 0 Å². The van der Waals surface area contributed by atoms with Crippen LogP contribution in [0.15, 0.2) is 22.1 Å². The van der Waals surface area contributed by atoms with Crippen LogP contribution >= 0.6 is 0 Å². The van der Waals surface area contributed by atoms with E-state index >= 15 is 0 Å². The predicted molar refractivity (Wildman–Crippen MR) is 78.4 cm³/mol. The lowest BCUT2D eigenvalue weighted by atomic mass is 10.2. The third-order valence-corrected chi connectivity index (χ3v) is 3.00. The highest BCUT2D eigenvalue weighted by Gasteiger charge is 2.28. The molecule has 0 saturated carbocycles. The number of rotatable bonds is 2. The standard InChI is InChI=1S/C12H14N6O4/c13-10(14)17-11(15)16-6-3-8-9(22-5-21-8)4-7(6)18-1-2-20-12(18)19/h3-4H,1-2,5H2,(H6,13,14,15,16,17). The maximum absolute atomic E-state index is 11.8. The van der Waals surface area contributed by atoms with Crippen LogP contribution in [0.5, 0.6) is 11.5 Å². The van der Waals surface area contributed by atoms with Gasteiger partial charge in [-0.05, 0) is 0 Å². The van der Waals surface area contributed by atoms with Crippen molar-refractivity contribution in [2.45, 2.75) is 0 Å². The van der Waals surface area contributed by atoms with E-state index < -0.39 is 6.09 Å². The molecule has 1 amide bonds. The summed E-state index contributed by atoms with van der Waals surface area (Å²) in [4.78, 5) is 21.0. The molecular formula is C12H14N6O4. The van der Waals surface area contributed by atoms with E-state index in [1.54, 1.807) is 12.1 Å². The summed E-state index contributed by atoms with van der Waals surface area (Å²) >= 11 is 0. The van der Waals surface area contributed by atoms with E-state index in [-0.39, 0.29) is 18.7 Å². The van der Waals surface area contributed by atoms with Gasteiger partial charge in [0.2, 0.25) is 12.8 Å². The lowest BCUT2D eigenvalue weighted by Crippen LogP contribution is -2.26. The number of nitrogens with zero attached hydrogens (tertiary/aromatic N) is 3. The summed E-state index contributed by atoms with van der Waals surface area (Å²) in [5, 5.41) is 0. The minimum Gasteiger partial charge on any atom is -0.454 e. The van der Waals surface area contributed by atoms with Crippen LogP contribution in [0, 0.1) is 0 Å². The lowest BCUT2D eigenvalue weighted by molar-refractivity contribution is 0.174. The topological polar surface area (TPSA) is 151 Å². The highest BCUT2D eigenvalue weighted by molar-refractivity contribution is 5.97. The van der Waals surface area contributed by atoms with Gasteiger partial charge in [-0.2, -0.15) is 4.99 Å². The fourth-order valence-corrected chi connectivity index (χ4v) is 2.12. The van der Waals surface area contributed by atoms with Gasteiger partial charge in [0, 0.05) is 12.1 Å². The summed E-state index contributed by atoms with van der Waals surface area (Å²) in [6, 6.07) is 3.23. The first-order valence-electron chi connectivity index (χ1n) is 6.36. The number of anilines is 1. The zero-order valence-corrected chi connectivity index (χ0v) is 11.5. The van der Waals surface area contributed by atoms with Crippen molar-refractivity contribution >= 4 is 29.4 Å². The molecule has 2 heterocycles. The van der Waals surface area contributed by atoms with E-state index in [9.17, 15) is 4.79 Å². The van der Waals surface area contributed by atoms with Crippen LogP contribution < -0.4 is 31.6 Å². The molecule has 10 nitrogen and oxygen atoms in total. The maximum atomic E-state index is 11.8. The monoisotopic (exact) mass is 306 g/mol. The first kappa shape index (κ1) is 13.8. The maximum Gasteiger partial charge on any atom is 0.414 e. The summed E-state index contributed by atoms with van der Waals surface area (Å²) in [7, 11) is 0. The number of benzene rings is 1. The van der Waals surface area contributed by atoms with Gasteiger partial charge in [0.1, 0.15) is 6.61 Å². The van der Waals surface area contributed by atoms with Crippen molar-refractivity contribution in [2.75, 3.05) is 24.8 Å². The minimum absolute atomic E-state index is 0.0930. The third kappa shape index (κ3) is 2.53. The number of hydrogen-bond donors (Lipinski definition) is 3. The second-order valence-corrected chi connectivity index (χ2v) is 4.47. The van der Waals surface area contributed by atoms with Crippen molar-refractivity contribution in [1.82, 2.24) is 0 Å². The molecule has 0 aromatic heterocycles. The van der Waals surface area contributed by atoms with Gasteiger partial charge in [-0.15, -0.1) is 0 Å². The van der Waals surface area contributed by atoms with Crippen molar-refractivity contribution in [3.63, 3.8) is 0 Å². The number of nitrogens with two attached hydrogens (primary N) is 3. The molecule has 3 rings (SSSR count). The summed E-state index contributed by atoms with van der Waals surface area (Å²) < 4.78 is 15.5. The Morgan fingerprint density at radius 1 is 1.14 bits per heavy atom. The normalized spacial score (nSPS) is 16.6. The van der Waals surface area contributed by atoms with Gasteiger partial charge in [-0.1, -0.05) is 0 Å². The van der Waals surface area contributed by atoms with Crippen LogP contribution in [-0.4, -0.2) is 38.0 Å².